The van der Waals surface area contributed by atoms with E-state index in [4.69, 9.17) is 4.74 Å². The van der Waals surface area contributed by atoms with Crippen LogP contribution in [0.15, 0.2) is 58.3 Å². The number of anilines is 2. The van der Waals surface area contributed by atoms with Crippen molar-refractivity contribution in [3.05, 3.63) is 63.8 Å². The van der Waals surface area contributed by atoms with Gasteiger partial charge in [0.2, 0.25) is 5.91 Å². The third-order valence-corrected chi connectivity index (χ3v) is 6.98. The maximum atomic E-state index is 13.1. The Labute approximate surface area is 186 Å². The first-order chi connectivity index (χ1) is 15.2. The van der Waals surface area contributed by atoms with Crippen LogP contribution in [-0.2, 0) is 16.1 Å². The largest absolute Gasteiger partial charge is 0.378 e. The number of aromatic nitrogens is 2. The number of carbonyl (C=O) groups excluding carboxylic acids is 1. The molecule has 0 bridgehead atoms. The van der Waals surface area contributed by atoms with Gasteiger partial charge in [-0.15, -0.1) is 22.7 Å². The molecule has 5 rings (SSSR count). The molecule has 1 saturated heterocycles. The third kappa shape index (κ3) is 3.99. The summed E-state index contributed by atoms with van der Waals surface area (Å²) in [5.41, 5.74) is 2.36. The topological polar surface area (TPSA) is 76.5 Å². The molecular weight excluding hydrogens is 432 g/mol. The summed E-state index contributed by atoms with van der Waals surface area (Å²) in [6.45, 7) is 2.78. The third-order valence-electron chi connectivity index (χ3n) is 5.19. The fourth-order valence-corrected chi connectivity index (χ4v) is 5.42. The highest BCUT2D eigenvalue weighted by Crippen LogP contribution is 2.33. The number of carbonyl (C=O) groups is 1. The highest BCUT2D eigenvalue weighted by atomic mass is 32.1. The molecule has 1 amide bonds. The number of nitrogens with one attached hydrogen (secondary N) is 1. The van der Waals surface area contributed by atoms with E-state index in [0.717, 1.165) is 34.9 Å². The fourth-order valence-electron chi connectivity index (χ4n) is 3.70. The summed E-state index contributed by atoms with van der Waals surface area (Å²) in [5.74, 6) is -0.267. The molecule has 1 aliphatic heterocycles. The van der Waals surface area contributed by atoms with E-state index in [9.17, 15) is 9.59 Å². The number of benzene rings is 1. The Hall–Kier alpha value is -3.01. The molecule has 1 aliphatic rings. The van der Waals surface area contributed by atoms with Crippen LogP contribution in [0.5, 0.6) is 0 Å². The quantitative estimate of drug-likeness (QED) is 0.500. The van der Waals surface area contributed by atoms with E-state index in [-0.39, 0.29) is 18.0 Å². The SMILES string of the molecule is O=C(Cn1cnc2scc(-c3cccs3)c2c1=O)Nc1ccccc1N1CCOCC1. The molecule has 158 valence electrons. The van der Waals surface area contributed by atoms with E-state index in [1.807, 2.05) is 47.2 Å². The first-order valence-electron chi connectivity index (χ1n) is 9.93. The summed E-state index contributed by atoms with van der Waals surface area (Å²) >= 11 is 3.02. The zero-order chi connectivity index (χ0) is 21.2. The van der Waals surface area contributed by atoms with Gasteiger partial charge in [0, 0.05) is 28.9 Å². The van der Waals surface area contributed by atoms with Gasteiger partial charge in [0.15, 0.2) is 0 Å². The second kappa shape index (κ2) is 8.62. The summed E-state index contributed by atoms with van der Waals surface area (Å²) < 4.78 is 6.80. The van der Waals surface area contributed by atoms with Crippen LogP contribution < -0.4 is 15.8 Å². The lowest BCUT2D eigenvalue weighted by atomic mass is 10.2. The first-order valence-corrected chi connectivity index (χ1v) is 11.7. The number of nitrogens with zero attached hydrogens (tertiary/aromatic N) is 3. The van der Waals surface area contributed by atoms with Gasteiger partial charge < -0.3 is 15.0 Å². The van der Waals surface area contributed by atoms with Crippen molar-refractivity contribution in [1.82, 2.24) is 9.55 Å². The van der Waals surface area contributed by atoms with Crippen LogP contribution in [0.3, 0.4) is 0 Å². The van der Waals surface area contributed by atoms with Gasteiger partial charge in [-0.3, -0.25) is 14.2 Å². The van der Waals surface area contributed by atoms with Gasteiger partial charge in [-0.25, -0.2) is 4.98 Å². The van der Waals surface area contributed by atoms with E-state index in [2.05, 4.69) is 15.2 Å². The predicted octanol–water partition coefficient (Wildman–Crippen LogP) is 3.66. The van der Waals surface area contributed by atoms with Gasteiger partial charge in [-0.1, -0.05) is 18.2 Å². The highest BCUT2D eigenvalue weighted by molar-refractivity contribution is 7.18. The summed E-state index contributed by atoms with van der Waals surface area (Å²) in [4.78, 5) is 34.3. The normalized spacial score (nSPS) is 14.1. The monoisotopic (exact) mass is 452 g/mol. The molecule has 0 atom stereocenters. The van der Waals surface area contributed by atoms with Gasteiger partial charge in [-0.05, 0) is 23.6 Å². The Kier molecular flexibility index (Phi) is 5.54. The molecule has 31 heavy (non-hydrogen) atoms. The number of rotatable bonds is 5. The molecule has 0 radical (unpaired) electrons. The van der Waals surface area contributed by atoms with Crippen molar-refractivity contribution in [3.63, 3.8) is 0 Å². The second-order valence-corrected chi connectivity index (χ2v) is 8.95. The minimum Gasteiger partial charge on any atom is -0.378 e. The highest BCUT2D eigenvalue weighted by Gasteiger charge is 2.18. The van der Waals surface area contributed by atoms with E-state index < -0.39 is 0 Å². The maximum Gasteiger partial charge on any atom is 0.263 e. The second-order valence-electron chi connectivity index (χ2n) is 7.15. The number of thiophene rings is 2. The average Bonchev–Trinajstić information content (AvgIpc) is 3.47. The van der Waals surface area contributed by atoms with Gasteiger partial charge in [-0.2, -0.15) is 0 Å². The number of amides is 1. The molecule has 1 aromatic carbocycles. The van der Waals surface area contributed by atoms with Crippen LogP contribution in [0.4, 0.5) is 11.4 Å². The number of hydrogen-bond donors (Lipinski definition) is 1. The number of para-hydroxylation sites is 2. The molecule has 1 fully saturated rings. The zero-order valence-electron chi connectivity index (χ0n) is 16.6. The van der Waals surface area contributed by atoms with Crippen LogP contribution in [0, 0.1) is 0 Å². The minimum atomic E-state index is -0.267. The van der Waals surface area contributed by atoms with Crippen LogP contribution in [0.2, 0.25) is 0 Å². The molecule has 0 spiro atoms. The molecule has 1 N–H and O–H groups in total. The number of morpholine rings is 1. The maximum absolute atomic E-state index is 13.1. The molecule has 4 aromatic rings. The summed E-state index contributed by atoms with van der Waals surface area (Å²) in [6, 6.07) is 11.6. The van der Waals surface area contributed by atoms with Crippen LogP contribution >= 0.6 is 22.7 Å². The zero-order valence-corrected chi connectivity index (χ0v) is 18.2. The molecule has 0 unspecified atom stereocenters. The smallest absolute Gasteiger partial charge is 0.263 e. The van der Waals surface area contributed by atoms with E-state index in [1.54, 1.807) is 11.3 Å². The van der Waals surface area contributed by atoms with E-state index in [1.165, 1.54) is 22.2 Å². The lowest BCUT2D eigenvalue weighted by molar-refractivity contribution is -0.116. The predicted molar refractivity (Wildman–Crippen MR) is 125 cm³/mol. The lowest BCUT2D eigenvalue weighted by Crippen LogP contribution is -2.37. The van der Waals surface area contributed by atoms with Gasteiger partial charge in [0.05, 0.1) is 36.3 Å². The first kappa shape index (κ1) is 19.9. The Balaban J connectivity index is 1.40. The minimum absolute atomic E-state index is 0.0983. The molecular formula is C22H20N4O3S2. The lowest BCUT2D eigenvalue weighted by Gasteiger charge is -2.30. The van der Waals surface area contributed by atoms with Crippen molar-refractivity contribution in [2.45, 2.75) is 6.54 Å². The van der Waals surface area contributed by atoms with Gasteiger partial charge in [0.1, 0.15) is 11.4 Å². The van der Waals surface area contributed by atoms with Crippen molar-refractivity contribution in [3.8, 4) is 10.4 Å². The average molecular weight is 453 g/mol. The molecule has 0 saturated carbocycles. The van der Waals surface area contributed by atoms with Crippen molar-refractivity contribution in [1.29, 1.82) is 0 Å². The number of hydrogen-bond acceptors (Lipinski definition) is 7. The van der Waals surface area contributed by atoms with Crippen LogP contribution in [0.25, 0.3) is 20.7 Å². The van der Waals surface area contributed by atoms with Crippen LogP contribution in [-0.4, -0.2) is 41.8 Å². The number of fused-ring (bicyclic) bond motifs is 1. The number of ether oxygens (including phenoxy) is 1. The van der Waals surface area contributed by atoms with Crippen molar-refractivity contribution in [2.75, 3.05) is 36.5 Å². The molecule has 9 heteroatoms. The van der Waals surface area contributed by atoms with Crippen LogP contribution in [0.1, 0.15) is 0 Å². The molecule has 3 aromatic heterocycles. The Morgan fingerprint density at radius 1 is 1.13 bits per heavy atom. The Morgan fingerprint density at radius 2 is 1.97 bits per heavy atom. The van der Waals surface area contributed by atoms with Crippen molar-refractivity contribution < 1.29 is 9.53 Å². The van der Waals surface area contributed by atoms with Crippen molar-refractivity contribution >= 4 is 50.2 Å². The van der Waals surface area contributed by atoms with Crippen molar-refractivity contribution in [2.24, 2.45) is 0 Å². The Morgan fingerprint density at radius 3 is 2.77 bits per heavy atom. The molecule has 7 nitrogen and oxygen atoms in total. The fraction of sp³-hybridized carbons (Fsp3) is 0.227. The summed E-state index contributed by atoms with van der Waals surface area (Å²) in [7, 11) is 0. The van der Waals surface area contributed by atoms with E-state index >= 15 is 0 Å². The standard InChI is InChI=1S/C22H20N4O3S2/c27-19(24-16-4-1-2-5-17(16)25-7-9-29-10-8-25)12-26-14-23-21-20(22(26)28)15(13-31-21)18-6-3-11-30-18/h1-6,11,13-14H,7-10,12H2,(H,24,27). The summed E-state index contributed by atoms with van der Waals surface area (Å²) in [6.07, 6.45) is 1.45. The van der Waals surface area contributed by atoms with Gasteiger partial charge in [0.25, 0.3) is 5.56 Å². The molecule has 4 heterocycles. The Bertz CT molecular complexity index is 1270. The van der Waals surface area contributed by atoms with E-state index in [0.29, 0.717) is 23.4 Å². The molecule has 0 aliphatic carbocycles. The summed E-state index contributed by atoms with van der Waals surface area (Å²) in [5, 5.41) is 7.46. The van der Waals surface area contributed by atoms with Gasteiger partial charge >= 0.3 is 0 Å².